The van der Waals surface area contributed by atoms with Crippen LogP contribution in [0.5, 0.6) is 0 Å². The summed E-state index contributed by atoms with van der Waals surface area (Å²) in [6.45, 7) is 2.01. The van der Waals surface area contributed by atoms with Crippen LogP contribution in [0.1, 0.15) is 18.1 Å². The molecule has 3 rings (SSSR count). The molecule has 1 atom stereocenters. The van der Waals surface area contributed by atoms with Crippen LogP contribution in [0.4, 0.5) is 4.79 Å². The number of rotatable bonds is 7. The molecule has 2 amide bonds. The smallest absolute Gasteiger partial charge is 0.405 e. The van der Waals surface area contributed by atoms with Crippen LogP contribution in [-0.4, -0.2) is 29.2 Å². The molecule has 0 saturated carbocycles. The molecule has 0 bridgehead atoms. The molecule has 0 fully saturated rings. The summed E-state index contributed by atoms with van der Waals surface area (Å²) in [5.41, 5.74) is 1.27. The van der Waals surface area contributed by atoms with Crippen molar-refractivity contribution >= 4 is 23.0 Å². The van der Waals surface area contributed by atoms with Gasteiger partial charge in [0, 0.05) is 23.9 Å². The monoisotopic (exact) mass is 366 g/mol. The van der Waals surface area contributed by atoms with E-state index in [2.05, 4.69) is 10.6 Å². The molecule has 0 spiro atoms. The molecule has 0 radical (unpaired) electrons. The van der Waals surface area contributed by atoms with E-state index >= 15 is 0 Å². The average molecular weight is 366 g/mol. The number of furan rings is 1. The molecule has 3 aromatic rings. The summed E-state index contributed by atoms with van der Waals surface area (Å²) in [7, 11) is 0. The number of nitrogens with one attached hydrogen (secondary N) is 2. The fraction of sp³-hybridized carbons (Fsp3) is 0.238. The van der Waals surface area contributed by atoms with Gasteiger partial charge in [-0.25, -0.2) is 4.79 Å². The molecule has 140 valence electrons. The third-order valence-corrected chi connectivity index (χ3v) is 4.53. The van der Waals surface area contributed by atoms with E-state index in [1.54, 1.807) is 13.2 Å². The third kappa shape index (κ3) is 4.47. The number of para-hydroxylation sites is 1. The molecule has 0 aliphatic carbocycles. The highest BCUT2D eigenvalue weighted by Crippen LogP contribution is 2.25. The first kappa shape index (κ1) is 18.5. The molecule has 0 aliphatic rings. The Bertz CT molecular complexity index is 936. The van der Waals surface area contributed by atoms with E-state index in [1.165, 1.54) is 0 Å². The fourth-order valence-electron chi connectivity index (χ4n) is 3.13. The number of amides is 2. The second-order valence-electron chi connectivity index (χ2n) is 6.69. The molecule has 27 heavy (non-hydrogen) atoms. The van der Waals surface area contributed by atoms with Gasteiger partial charge >= 0.3 is 6.09 Å². The Labute approximate surface area is 157 Å². The largest absolute Gasteiger partial charge is 0.465 e. The first-order valence-corrected chi connectivity index (χ1v) is 8.76. The first-order valence-electron chi connectivity index (χ1n) is 8.76. The number of carboxylic acid groups (broad SMARTS) is 1. The second-order valence-corrected chi connectivity index (χ2v) is 6.69. The molecule has 0 saturated heterocycles. The molecular weight excluding hydrogens is 344 g/mol. The molecule has 6 nitrogen and oxygen atoms in total. The predicted octanol–water partition coefficient (Wildman–Crippen LogP) is 3.36. The van der Waals surface area contributed by atoms with Gasteiger partial charge in [0.25, 0.3) is 0 Å². The van der Waals surface area contributed by atoms with Gasteiger partial charge in [-0.05, 0) is 25.0 Å². The van der Waals surface area contributed by atoms with Crippen LogP contribution < -0.4 is 10.6 Å². The summed E-state index contributed by atoms with van der Waals surface area (Å²) in [5.74, 6) is -0.369. The normalized spacial score (nSPS) is 13.1. The molecule has 1 aromatic heterocycles. The predicted molar refractivity (Wildman–Crippen MR) is 103 cm³/mol. The van der Waals surface area contributed by atoms with E-state index in [0.29, 0.717) is 18.5 Å². The zero-order valence-corrected chi connectivity index (χ0v) is 15.1. The van der Waals surface area contributed by atoms with Crippen LogP contribution in [-0.2, 0) is 17.6 Å². The molecule has 1 unspecified atom stereocenters. The summed E-state index contributed by atoms with van der Waals surface area (Å²) in [6.07, 6.45) is 1.19. The van der Waals surface area contributed by atoms with Gasteiger partial charge in [-0.1, -0.05) is 48.5 Å². The van der Waals surface area contributed by atoms with Gasteiger partial charge in [-0.15, -0.1) is 0 Å². The Kier molecular flexibility index (Phi) is 5.45. The quantitative estimate of drug-likeness (QED) is 0.598. The number of carbonyl (C=O) groups is 2. The average Bonchev–Trinajstić information content (AvgIpc) is 3.04. The van der Waals surface area contributed by atoms with Crippen LogP contribution in [0, 0.1) is 0 Å². The van der Waals surface area contributed by atoms with Gasteiger partial charge in [0.15, 0.2) is 0 Å². The van der Waals surface area contributed by atoms with E-state index in [9.17, 15) is 14.7 Å². The van der Waals surface area contributed by atoms with Crippen molar-refractivity contribution in [2.24, 2.45) is 0 Å². The maximum atomic E-state index is 12.8. The van der Waals surface area contributed by atoms with E-state index in [0.717, 1.165) is 16.5 Å². The summed E-state index contributed by atoms with van der Waals surface area (Å²) in [4.78, 5) is 24.1. The number of fused-ring (bicyclic) bond motifs is 1. The fourth-order valence-corrected chi connectivity index (χ4v) is 3.13. The van der Waals surface area contributed by atoms with Gasteiger partial charge in [-0.3, -0.25) is 4.79 Å². The summed E-state index contributed by atoms with van der Waals surface area (Å²) < 4.78 is 5.51. The zero-order chi connectivity index (χ0) is 19.3. The lowest BCUT2D eigenvalue weighted by Gasteiger charge is -2.28. The van der Waals surface area contributed by atoms with Crippen LogP contribution in [0.2, 0.25) is 0 Å². The van der Waals surface area contributed by atoms with Crippen molar-refractivity contribution in [1.29, 1.82) is 0 Å². The zero-order valence-electron chi connectivity index (χ0n) is 15.1. The second kappa shape index (κ2) is 7.95. The highest BCUT2D eigenvalue weighted by molar-refractivity contribution is 5.91. The van der Waals surface area contributed by atoms with Gasteiger partial charge < -0.3 is 20.2 Å². The first-order chi connectivity index (χ1) is 13.0. The lowest BCUT2D eigenvalue weighted by molar-refractivity contribution is -0.126. The van der Waals surface area contributed by atoms with Crippen LogP contribution >= 0.6 is 0 Å². The van der Waals surface area contributed by atoms with E-state index < -0.39 is 11.6 Å². The van der Waals surface area contributed by atoms with Crippen molar-refractivity contribution in [1.82, 2.24) is 10.6 Å². The molecule has 3 N–H and O–H groups in total. The molecular formula is C21H22N2O4. The van der Waals surface area contributed by atoms with Gasteiger partial charge in [0.05, 0.1) is 6.26 Å². The van der Waals surface area contributed by atoms with Crippen molar-refractivity contribution in [2.45, 2.75) is 25.3 Å². The lowest BCUT2D eigenvalue weighted by atomic mass is 9.91. The van der Waals surface area contributed by atoms with Crippen LogP contribution in [0.15, 0.2) is 65.3 Å². The number of benzene rings is 2. The van der Waals surface area contributed by atoms with Crippen molar-refractivity contribution in [2.75, 3.05) is 6.54 Å². The minimum Gasteiger partial charge on any atom is -0.465 e. The van der Waals surface area contributed by atoms with Crippen molar-refractivity contribution < 1.29 is 19.1 Å². The molecule has 0 aliphatic heterocycles. The number of hydrogen-bond acceptors (Lipinski definition) is 3. The standard InChI is InChI=1S/C21H22N2O4/c1-21(23-20(25)26,13-16-14-27-18-10-6-5-9-17(16)18)19(24)22-12-11-15-7-3-2-4-8-15/h2-10,14,23H,11-13H2,1H3,(H,22,24)(H,25,26). The van der Waals surface area contributed by atoms with E-state index in [-0.39, 0.29) is 12.3 Å². The van der Waals surface area contributed by atoms with Gasteiger partial charge in [0.1, 0.15) is 11.1 Å². The maximum Gasteiger partial charge on any atom is 0.405 e. The van der Waals surface area contributed by atoms with Crippen LogP contribution in [0.25, 0.3) is 11.0 Å². The van der Waals surface area contributed by atoms with Gasteiger partial charge in [-0.2, -0.15) is 0 Å². The van der Waals surface area contributed by atoms with Gasteiger partial charge in [0.2, 0.25) is 5.91 Å². The topological polar surface area (TPSA) is 91.6 Å². The number of hydrogen-bond donors (Lipinski definition) is 3. The number of carbonyl (C=O) groups excluding carboxylic acids is 1. The Hall–Kier alpha value is -3.28. The maximum absolute atomic E-state index is 12.8. The van der Waals surface area contributed by atoms with E-state index in [1.807, 2.05) is 54.6 Å². The van der Waals surface area contributed by atoms with Crippen LogP contribution in [0.3, 0.4) is 0 Å². The molecule has 2 aromatic carbocycles. The minimum atomic E-state index is -1.31. The molecule has 1 heterocycles. The summed E-state index contributed by atoms with van der Waals surface area (Å²) in [5, 5.41) is 15.3. The third-order valence-electron chi connectivity index (χ3n) is 4.53. The summed E-state index contributed by atoms with van der Waals surface area (Å²) >= 11 is 0. The van der Waals surface area contributed by atoms with Crippen molar-refractivity contribution in [3.05, 3.63) is 72.0 Å². The van der Waals surface area contributed by atoms with E-state index in [4.69, 9.17) is 4.42 Å². The highest BCUT2D eigenvalue weighted by Gasteiger charge is 2.36. The Balaban J connectivity index is 1.73. The SMILES string of the molecule is CC(Cc1coc2ccccc12)(NC(=O)O)C(=O)NCCc1ccccc1. The Morgan fingerprint density at radius 3 is 2.52 bits per heavy atom. The summed E-state index contributed by atoms with van der Waals surface area (Å²) in [6, 6.07) is 17.3. The van der Waals surface area contributed by atoms with Crippen molar-refractivity contribution in [3.8, 4) is 0 Å². The Morgan fingerprint density at radius 1 is 1.07 bits per heavy atom. The lowest BCUT2D eigenvalue weighted by Crippen LogP contribution is -2.58. The van der Waals surface area contributed by atoms with Crippen molar-refractivity contribution in [3.63, 3.8) is 0 Å². The highest BCUT2D eigenvalue weighted by atomic mass is 16.4. The molecule has 6 heteroatoms. The minimum absolute atomic E-state index is 0.188. The Morgan fingerprint density at radius 2 is 1.78 bits per heavy atom.